The van der Waals surface area contributed by atoms with Gasteiger partial charge in [-0.1, -0.05) is 25.1 Å². The molecule has 0 spiro atoms. The van der Waals surface area contributed by atoms with Crippen LogP contribution >= 0.6 is 11.8 Å². The molecule has 0 fully saturated rings. The Morgan fingerprint density at radius 1 is 1.12 bits per heavy atom. The van der Waals surface area contributed by atoms with Crippen molar-refractivity contribution in [2.75, 3.05) is 11.1 Å². The molecule has 3 aromatic rings. The molecule has 0 unspecified atom stereocenters. The Morgan fingerprint density at radius 3 is 2.61 bits per heavy atom. The second kappa shape index (κ2) is 10.2. The van der Waals surface area contributed by atoms with Gasteiger partial charge in [-0.25, -0.2) is 0 Å². The fraction of sp³-hybridized carbons (Fsp3) is 0.148. The number of rotatable bonds is 8. The Balaban J connectivity index is 1.53. The van der Waals surface area contributed by atoms with Crippen molar-refractivity contribution in [1.82, 2.24) is 0 Å². The number of amides is 1. The van der Waals surface area contributed by atoms with Crippen molar-refractivity contribution in [3.8, 4) is 17.6 Å². The minimum Gasteiger partial charge on any atom is -0.450 e. The first-order chi connectivity index (χ1) is 16.1. The molecule has 0 aliphatic carbocycles. The van der Waals surface area contributed by atoms with E-state index in [1.54, 1.807) is 36.0 Å². The van der Waals surface area contributed by atoms with Crippen molar-refractivity contribution in [3.63, 3.8) is 0 Å². The number of thioether (sulfide) groups is 1. The lowest BCUT2D eigenvalue weighted by atomic mass is 10.1. The van der Waals surface area contributed by atoms with E-state index in [0.29, 0.717) is 29.2 Å². The van der Waals surface area contributed by atoms with Crippen LogP contribution in [0.3, 0.4) is 0 Å². The molecule has 1 heterocycles. The van der Waals surface area contributed by atoms with Gasteiger partial charge < -0.3 is 10.1 Å². The summed E-state index contributed by atoms with van der Waals surface area (Å²) in [4.78, 5) is 13.9. The molecule has 33 heavy (non-hydrogen) atoms. The highest BCUT2D eigenvalue weighted by molar-refractivity contribution is 7.99. The van der Waals surface area contributed by atoms with Gasteiger partial charge in [-0.15, -0.1) is 11.8 Å². The molecule has 4 rings (SSSR count). The Morgan fingerprint density at radius 2 is 1.94 bits per heavy atom. The molecule has 0 aromatic heterocycles. The van der Waals surface area contributed by atoms with Crippen molar-refractivity contribution in [2.24, 2.45) is 0 Å². The van der Waals surface area contributed by atoms with Crippen LogP contribution in [0.4, 0.5) is 11.4 Å². The quantitative estimate of drug-likeness (QED) is 0.321. The van der Waals surface area contributed by atoms with E-state index >= 15 is 0 Å². The first kappa shape index (κ1) is 22.4. The molecular formula is C27H24N3O2S+. The third-order valence-electron chi connectivity index (χ3n) is 5.14. The molecule has 0 bridgehead atoms. The number of benzene rings is 3. The van der Waals surface area contributed by atoms with Crippen molar-refractivity contribution in [1.29, 1.82) is 5.26 Å². The Bertz CT molecular complexity index is 1290. The van der Waals surface area contributed by atoms with E-state index in [1.807, 2.05) is 66.2 Å². The molecule has 1 N–H and O–H groups in total. The minimum atomic E-state index is -0.0948. The lowest BCUT2D eigenvalue weighted by molar-refractivity contribution is -0.372. The number of hydrogen-bond donors (Lipinski definition) is 1. The zero-order valence-electron chi connectivity index (χ0n) is 18.5. The molecule has 6 heteroatoms. The SMILES string of the molecule is CCSc1ccc(CC(=O)Nc2ccc([N+]3=C(C)C=C3)c(Oc3cccc(C#N)c3)c2)cc1. The Labute approximate surface area is 198 Å². The summed E-state index contributed by atoms with van der Waals surface area (Å²) in [7, 11) is 0. The highest BCUT2D eigenvalue weighted by Crippen LogP contribution is 2.36. The van der Waals surface area contributed by atoms with Crippen molar-refractivity contribution in [2.45, 2.75) is 25.2 Å². The normalized spacial score (nSPS) is 12.2. The number of anilines is 1. The molecule has 3 aromatic carbocycles. The van der Waals surface area contributed by atoms with Gasteiger partial charge in [0, 0.05) is 29.6 Å². The smallest absolute Gasteiger partial charge is 0.253 e. The van der Waals surface area contributed by atoms with E-state index in [4.69, 9.17) is 4.74 Å². The summed E-state index contributed by atoms with van der Waals surface area (Å²) in [5, 5.41) is 12.2. The van der Waals surface area contributed by atoms with Crippen LogP contribution in [-0.4, -0.2) is 21.9 Å². The first-order valence-corrected chi connectivity index (χ1v) is 11.7. The summed E-state index contributed by atoms with van der Waals surface area (Å²) in [6.45, 7) is 4.13. The number of hydrogen-bond acceptors (Lipinski definition) is 4. The molecule has 0 saturated heterocycles. The molecule has 1 amide bonds. The number of nitriles is 1. The Hall–Kier alpha value is -3.82. The summed E-state index contributed by atoms with van der Waals surface area (Å²) >= 11 is 1.78. The van der Waals surface area contributed by atoms with Crippen LogP contribution in [0.2, 0.25) is 0 Å². The molecule has 164 valence electrons. The molecule has 5 nitrogen and oxygen atoms in total. The first-order valence-electron chi connectivity index (χ1n) is 10.7. The maximum atomic E-state index is 12.7. The predicted octanol–water partition coefficient (Wildman–Crippen LogP) is 6.28. The average molecular weight is 455 g/mol. The lowest BCUT2D eigenvalue weighted by Crippen LogP contribution is -2.16. The van der Waals surface area contributed by atoms with Gasteiger partial charge in [-0.05, 0) is 47.7 Å². The van der Waals surface area contributed by atoms with Gasteiger partial charge in [0.1, 0.15) is 5.75 Å². The molecule has 1 aliphatic rings. The molecular weight excluding hydrogens is 430 g/mol. The van der Waals surface area contributed by atoms with E-state index in [1.165, 1.54) is 4.90 Å². The summed E-state index contributed by atoms with van der Waals surface area (Å²) in [6, 6.07) is 22.8. The standard InChI is InChI=1S/C27H23N3O2S/c1-3-33-24-10-7-20(8-11-24)16-27(31)29-22-9-12-25(30-14-13-19(30)2)26(17-22)32-23-6-4-5-21(15-23)18-28/h4-15,17H,3,16H2,1-2H3/p+1. The van der Waals surface area contributed by atoms with Crippen LogP contribution < -0.4 is 10.1 Å². The fourth-order valence-corrected chi connectivity index (χ4v) is 4.12. The van der Waals surface area contributed by atoms with Crippen molar-refractivity contribution < 1.29 is 14.1 Å². The summed E-state index contributed by atoms with van der Waals surface area (Å²) in [5.41, 5.74) is 4.08. The maximum absolute atomic E-state index is 12.7. The van der Waals surface area contributed by atoms with Crippen molar-refractivity contribution >= 4 is 34.8 Å². The molecule has 1 aliphatic heterocycles. The van der Waals surface area contributed by atoms with Crippen LogP contribution in [0.25, 0.3) is 0 Å². The number of carbonyl (C=O) groups excluding carboxylic acids is 1. The van der Waals surface area contributed by atoms with Gasteiger partial charge in [0.05, 0.1) is 24.1 Å². The molecule has 0 radical (unpaired) electrons. The number of nitrogens with zero attached hydrogens (tertiary/aromatic N) is 2. The molecule has 0 saturated carbocycles. The third kappa shape index (κ3) is 5.51. The van der Waals surface area contributed by atoms with E-state index < -0.39 is 0 Å². The second-order valence-corrected chi connectivity index (χ2v) is 8.89. The van der Waals surface area contributed by atoms with Crippen LogP contribution in [0.1, 0.15) is 25.0 Å². The van der Waals surface area contributed by atoms with E-state index in [9.17, 15) is 10.1 Å². The van der Waals surface area contributed by atoms with Gasteiger partial charge in [0.25, 0.3) is 5.69 Å². The number of nitrogens with one attached hydrogen (secondary N) is 1. The van der Waals surface area contributed by atoms with E-state index in [0.717, 1.165) is 22.7 Å². The number of allylic oxidation sites excluding steroid dienone is 1. The number of ether oxygens (including phenoxy) is 1. The van der Waals surface area contributed by atoms with Gasteiger partial charge in [-0.3, -0.25) is 4.79 Å². The predicted molar refractivity (Wildman–Crippen MR) is 133 cm³/mol. The Kier molecular flexibility index (Phi) is 6.92. The fourth-order valence-electron chi connectivity index (χ4n) is 3.46. The molecule has 0 atom stereocenters. The maximum Gasteiger partial charge on any atom is 0.253 e. The van der Waals surface area contributed by atoms with Crippen LogP contribution in [0.5, 0.6) is 11.5 Å². The second-order valence-electron chi connectivity index (χ2n) is 7.55. The van der Waals surface area contributed by atoms with E-state index in [2.05, 4.69) is 18.3 Å². The summed E-state index contributed by atoms with van der Waals surface area (Å²) in [6.07, 6.45) is 4.27. The van der Waals surface area contributed by atoms with Gasteiger partial charge in [0.2, 0.25) is 11.7 Å². The largest absolute Gasteiger partial charge is 0.450 e. The third-order valence-corrected chi connectivity index (χ3v) is 6.03. The van der Waals surface area contributed by atoms with Crippen LogP contribution in [0.15, 0.2) is 83.9 Å². The van der Waals surface area contributed by atoms with E-state index in [-0.39, 0.29) is 5.91 Å². The van der Waals surface area contributed by atoms with Crippen LogP contribution in [-0.2, 0) is 11.2 Å². The number of carbonyl (C=O) groups is 1. The van der Waals surface area contributed by atoms with Gasteiger partial charge in [0.15, 0.2) is 11.9 Å². The lowest BCUT2D eigenvalue weighted by Gasteiger charge is -2.14. The highest BCUT2D eigenvalue weighted by atomic mass is 32.2. The van der Waals surface area contributed by atoms with Gasteiger partial charge >= 0.3 is 0 Å². The van der Waals surface area contributed by atoms with Crippen LogP contribution in [0, 0.1) is 11.3 Å². The minimum absolute atomic E-state index is 0.0948. The zero-order chi connectivity index (χ0) is 23.2. The summed E-state index contributed by atoms with van der Waals surface area (Å²) in [5.74, 6) is 2.08. The average Bonchev–Trinajstić information content (AvgIpc) is 2.81. The zero-order valence-corrected chi connectivity index (χ0v) is 19.4. The van der Waals surface area contributed by atoms with Gasteiger partial charge in [-0.2, -0.15) is 9.84 Å². The highest BCUT2D eigenvalue weighted by Gasteiger charge is 2.23. The summed E-state index contributed by atoms with van der Waals surface area (Å²) < 4.78 is 8.16. The topological polar surface area (TPSA) is 65.1 Å². The monoisotopic (exact) mass is 454 g/mol. The van der Waals surface area contributed by atoms with Crippen molar-refractivity contribution in [3.05, 3.63) is 90.1 Å².